The van der Waals surface area contributed by atoms with Gasteiger partial charge in [-0.05, 0) is 25.0 Å². The maximum absolute atomic E-state index is 13.4. The largest absolute Gasteiger partial charge is 0.370 e. The number of halogens is 3. The molecule has 0 saturated carbocycles. The second-order valence-corrected chi connectivity index (χ2v) is 6.78. The molecule has 0 unspecified atom stereocenters. The molecule has 0 N–H and O–H groups in total. The van der Waals surface area contributed by atoms with Crippen LogP contribution in [0.5, 0.6) is 0 Å². The van der Waals surface area contributed by atoms with Gasteiger partial charge in [0.2, 0.25) is 0 Å². The fraction of sp³-hybridized carbons (Fsp3) is 0.400. The molecule has 1 heterocycles. The van der Waals surface area contributed by atoms with Crippen molar-refractivity contribution in [2.75, 3.05) is 18.0 Å². The molecule has 0 aliphatic carbocycles. The zero-order valence-electron chi connectivity index (χ0n) is 8.79. The number of hydrogen-bond acceptors (Lipinski definition) is 3. The van der Waals surface area contributed by atoms with Crippen LogP contribution in [0.1, 0.15) is 12.8 Å². The lowest BCUT2D eigenvalue weighted by atomic mass is 10.3. The van der Waals surface area contributed by atoms with Crippen LogP contribution in [0.25, 0.3) is 0 Å². The normalized spacial score (nSPS) is 16.5. The van der Waals surface area contributed by atoms with Gasteiger partial charge in [0.1, 0.15) is 10.7 Å². The number of benzene rings is 1. The van der Waals surface area contributed by atoms with Crippen molar-refractivity contribution in [2.45, 2.75) is 17.7 Å². The number of nitrogens with zero attached hydrogens (tertiary/aromatic N) is 1. The summed E-state index contributed by atoms with van der Waals surface area (Å²) in [5, 5.41) is -0.0108. The molecular weight excluding hydrogens is 288 g/mol. The van der Waals surface area contributed by atoms with Crippen molar-refractivity contribution in [1.29, 1.82) is 0 Å². The third kappa shape index (κ3) is 2.67. The Hall–Kier alpha value is -0.520. The van der Waals surface area contributed by atoms with Gasteiger partial charge in [0.25, 0.3) is 9.05 Å². The first-order valence-corrected chi connectivity index (χ1v) is 7.77. The van der Waals surface area contributed by atoms with Crippen molar-refractivity contribution >= 4 is 37.0 Å². The predicted molar refractivity (Wildman–Crippen MR) is 65.9 cm³/mol. The first kappa shape index (κ1) is 12.9. The van der Waals surface area contributed by atoms with Crippen molar-refractivity contribution in [3.8, 4) is 0 Å². The van der Waals surface area contributed by atoms with E-state index in [1.54, 1.807) is 0 Å². The summed E-state index contributed by atoms with van der Waals surface area (Å²) in [6.07, 6.45) is 1.96. The molecule has 17 heavy (non-hydrogen) atoms. The second-order valence-electron chi connectivity index (χ2n) is 3.87. The van der Waals surface area contributed by atoms with Crippen LogP contribution in [0.15, 0.2) is 17.0 Å². The molecule has 94 valence electrons. The summed E-state index contributed by atoms with van der Waals surface area (Å²) in [5.74, 6) is -0.657. The van der Waals surface area contributed by atoms with Gasteiger partial charge in [0, 0.05) is 23.8 Å². The summed E-state index contributed by atoms with van der Waals surface area (Å²) in [6.45, 7) is 1.48. The van der Waals surface area contributed by atoms with Gasteiger partial charge in [-0.25, -0.2) is 12.8 Å². The van der Waals surface area contributed by atoms with E-state index in [1.807, 2.05) is 4.90 Å². The van der Waals surface area contributed by atoms with E-state index in [-0.39, 0.29) is 9.92 Å². The molecule has 0 atom stereocenters. The van der Waals surface area contributed by atoms with Gasteiger partial charge in [0.05, 0.1) is 10.7 Å². The maximum atomic E-state index is 13.4. The van der Waals surface area contributed by atoms with Crippen LogP contribution >= 0.6 is 22.3 Å². The molecule has 7 heteroatoms. The Morgan fingerprint density at radius 1 is 1.24 bits per heavy atom. The van der Waals surface area contributed by atoms with E-state index in [1.165, 1.54) is 6.07 Å². The monoisotopic (exact) mass is 297 g/mol. The van der Waals surface area contributed by atoms with Crippen LogP contribution in [0.2, 0.25) is 5.02 Å². The average molecular weight is 298 g/mol. The molecule has 0 bridgehead atoms. The van der Waals surface area contributed by atoms with Gasteiger partial charge in [-0.15, -0.1) is 0 Å². The summed E-state index contributed by atoms with van der Waals surface area (Å²) in [5.41, 5.74) is 0.392. The van der Waals surface area contributed by atoms with Gasteiger partial charge < -0.3 is 4.90 Å². The highest BCUT2D eigenvalue weighted by Gasteiger charge is 2.23. The van der Waals surface area contributed by atoms with Gasteiger partial charge in [-0.2, -0.15) is 0 Å². The van der Waals surface area contributed by atoms with E-state index in [0.717, 1.165) is 32.0 Å². The molecule has 0 radical (unpaired) electrons. The summed E-state index contributed by atoms with van der Waals surface area (Å²) < 4.78 is 35.9. The van der Waals surface area contributed by atoms with Crippen molar-refractivity contribution < 1.29 is 12.8 Å². The fourth-order valence-corrected chi connectivity index (χ4v) is 3.50. The highest BCUT2D eigenvalue weighted by molar-refractivity contribution is 8.13. The molecule has 1 aliphatic rings. The molecule has 0 spiro atoms. The zero-order valence-corrected chi connectivity index (χ0v) is 11.1. The standard InChI is InChI=1S/C10H10Cl2FNO2S/c11-10-8(14-3-1-2-4-14)5-7(13)6-9(10)17(12,15)16/h5-6H,1-4H2. The number of rotatable bonds is 2. The van der Waals surface area contributed by atoms with E-state index >= 15 is 0 Å². The molecule has 2 rings (SSSR count). The van der Waals surface area contributed by atoms with Crippen LogP contribution in [-0.4, -0.2) is 21.5 Å². The van der Waals surface area contributed by atoms with Crippen molar-refractivity contribution in [3.63, 3.8) is 0 Å². The lowest BCUT2D eigenvalue weighted by molar-refractivity contribution is 0.602. The van der Waals surface area contributed by atoms with Crippen molar-refractivity contribution in [2.24, 2.45) is 0 Å². The molecule has 3 nitrogen and oxygen atoms in total. The highest BCUT2D eigenvalue weighted by Crippen LogP contribution is 2.36. The number of anilines is 1. The molecule has 1 aromatic carbocycles. The van der Waals surface area contributed by atoms with Gasteiger partial charge in [0.15, 0.2) is 0 Å². The third-order valence-corrected chi connectivity index (χ3v) is 4.55. The minimum absolute atomic E-state index is 0.0108. The average Bonchev–Trinajstić information content (AvgIpc) is 2.72. The molecule has 1 saturated heterocycles. The molecule has 1 fully saturated rings. The number of hydrogen-bond donors (Lipinski definition) is 0. The van der Waals surface area contributed by atoms with E-state index in [0.29, 0.717) is 5.69 Å². The molecule has 1 aromatic rings. The molecule has 0 amide bonds. The van der Waals surface area contributed by atoms with E-state index in [9.17, 15) is 12.8 Å². The van der Waals surface area contributed by atoms with Gasteiger partial charge in [-0.1, -0.05) is 11.6 Å². The van der Waals surface area contributed by atoms with Crippen molar-refractivity contribution in [3.05, 3.63) is 23.0 Å². The summed E-state index contributed by atoms with van der Waals surface area (Å²) in [6, 6.07) is 2.07. The molecular formula is C10H10Cl2FNO2S. The van der Waals surface area contributed by atoms with E-state index in [4.69, 9.17) is 22.3 Å². The Bertz CT molecular complexity index is 541. The summed E-state index contributed by atoms with van der Waals surface area (Å²) in [7, 11) is 1.18. The van der Waals surface area contributed by atoms with E-state index in [2.05, 4.69) is 0 Å². The van der Waals surface area contributed by atoms with Crippen LogP contribution in [0.4, 0.5) is 10.1 Å². The van der Waals surface area contributed by atoms with Crippen LogP contribution < -0.4 is 4.90 Å². The van der Waals surface area contributed by atoms with Gasteiger partial charge >= 0.3 is 0 Å². The predicted octanol–water partition coefficient (Wildman–Crippen LogP) is 3.01. The fourth-order valence-electron chi connectivity index (χ4n) is 1.92. The topological polar surface area (TPSA) is 37.4 Å². The SMILES string of the molecule is O=S(=O)(Cl)c1cc(F)cc(N2CCCC2)c1Cl. The minimum Gasteiger partial charge on any atom is -0.370 e. The van der Waals surface area contributed by atoms with Crippen LogP contribution in [0.3, 0.4) is 0 Å². The smallest absolute Gasteiger partial charge is 0.262 e. The summed E-state index contributed by atoms with van der Waals surface area (Å²) >= 11 is 5.97. The Balaban J connectivity index is 2.57. The third-order valence-electron chi connectivity index (χ3n) is 2.69. The Labute approximate surface area is 109 Å². The first-order chi connectivity index (χ1) is 7.89. The molecule has 0 aromatic heterocycles. The first-order valence-electron chi connectivity index (χ1n) is 5.08. The zero-order chi connectivity index (χ0) is 12.6. The lowest BCUT2D eigenvalue weighted by Crippen LogP contribution is -2.18. The Kier molecular flexibility index (Phi) is 3.52. The van der Waals surface area contributed by atoms with Crippen LogP contribution in [-0.2, 0) is 9.05 Å². The molecule has 1 aliphatic heterocycles. The van der Waals surface area contributed by atoms with E-state index < -0.39 is 14.9 Å². The summed E-state index contributed by atoms with van der Waals surface area (Å²) in [4.78, 5) is 1.49. The maximum Gasteiger partial charge on any atom is 0.262 e. The lowest BCUT2D eigenvalue weighted by Gasteiger charge is -2.20. The quantitative estimate of drug-likeness (QED) is 0.788. The Morgan fingerprint density at radius 2 is 1.82 bits per heavy atom. The van der Waals surface area contributed by atoms with Crippen molar-refractivity contribution in [1.82, 2.24) is 0 Å². The Morgan fingerprint density at radius 3 is 2.35 bits per heavy atom. The van der Waals surface area contributed by atoms with Crippen LogP contribution in [0, 0.1) is 5.82 Å². The second kappa shape index (κ2) is 4.63. The minimum atomic E-state index is -4.03. The van der Waals surface area contributed by atoms with Gasteiger partial charge in [-0.3, -0.25) is 0 Å². The highest BCUT2D eigenvalue weighted by atomic mass is 35.7.